The number of aryl methyl sites for hydroxylation is 1. The van der Waals surface area contributed by atoms with Crippen LogP contribution in [0.15, 0.2) is 35.7 Å². The Morgan fingerprint density at radius 3 is 2.72 bits per heavy atom. The van der Waals surface area contributed by atoms with Crippen LogP contribution in [0.2, 0.25) is 0 Å². The van der Waals surface area contributed by atoms with Gasteiger partial charge in [-0.3, -0.25) is 4.79 Å². The first-order chi connectivity index (χ1) is 12.0. The Labute approximate surface area is 150 Å². The molecule has 0 bridgehead atoms. The van der Waals surface area contributed by atoms with Crippen LogP contribution in [0.5, 0.6) is 11.5 Å². The van der Waals surface area contributed by atoms with E-state index in [-0.39, 0.29) is 12.5 Å². The van der Waals surface area contributed by atoms with Crippen LogP contribution in [0.1, 0.15) is 17.4 Å². The Morgan fingerprint density at radius 1 is 1.24 bits per heavy atom. The topological polar surface area (TPSA) is 73.9 Å². The van der Waals surface area contributed by atoms with Gasteiger partial charge in [0.1, 0.15) is 0 Å². The molecular formula is C18H21NO5S. The van der Waals surface area contributed by atoms with Gasteiger partial charge < -0.3 is 19.5 Å². The largest absolute Gasteiger partial charge is 0.493 e. The van der Waals surface area contributed by atoms with Gasteiger partial charge in [-0.05, 0) is 43.0 Å². The molecule has 0 spiro atoms. The van der Waals surface area contributed by atoms with Crippen LogP contribution in [0.3, 0.4) is 0 Å². The molecule has 6 nitrogen and oxygen atoms in total. The maximum atomic E-state index is 11.9. The lowest BCUT2D eigenvalue weighted by Crippen LogP contribution is -2.36. The van der Waals surface area contributed by atoms with Gasteiger partial charge in [-0.2, -0.15) is 0 Å². The fraction of sp³-hybridized carbons (Fsp3) is 0.333. The number of hydrogen-bond donors (Lipinski definition) is 1. The molecule has 1 aromatic heterocycles. The van der Waals surface area contributed by atoms with Crippen LogP contribution in [-0.2, 0) is 20.9 Å². The lowest BCUT2D eigenvalue weighted by atomic mass is 10.2. The highest BCUT2D eigenvalue weighted by atomic mass is 32.1. The smallest absolute Gasteiger partial charge is 0.344 e. The number of benzene rings is 1. The van der Waals surface area contributed by atoms with Crippen LogP contribution in [0.4, 0.5) is 0 Å². The Kier molecular flexibility index (Phi) is 6.82. The molecule has 1 atom stereocenters. The third-order valence-electron chi connectivity index (χ3n) is 3.36. The van der Waals surface area contributed by atoms with E-state index in [4.69, 9.17) is 14.2 Å². The summed E-state index contributed by atoms with van der Waals surface area (Å²) in [6.45, 7) is 3.56. The number of rotatable bonds is 8. The third-order valence-corrected chi connectivity index (χ3v) is 4.24. The number of ether oxygens (including phenoxy) is 3. The molecule has 0 fully saturated rings. The monoisotopic (exact) mass is 363 g/mol. The van der Waals surface area contributed by atoms with Crippen molar-refractivity contribution in [3.8, 4) is 11.5 Å². The summed E-state index contributed by atoms with van der Waals surface area (Å²) < 4.78 is 15.7. The summed E-state index contributed by atoms with van der Waals surface area (Å²) in [7, 11) is 1.53. The van der Waals surface area contributed by atoms with Crippen molar-refractivity contribution in [1.82, 2.24) is 5.32 Å². The average Bonchev–Trinajstić information content (AvgIpc) is 3.11. The molecule has 0 radical (unpaired) electrons. The predicted octanol–water partition coefficient (Wildman–Crippen LogP) is 2.69. The number of nitrogens with one attached hydrogen (secondary N) is 1. The van der Waals surface area contributed by atoms with Gasteiger partial charge in [-0.1, -0.05) is 12.1 Å². The minimum Gasteiger partial charge on any atom is -0.493 e. The van der Waals surface area contributed by atoms with Crippen molar-refractivity contribution < 1.29 is 23.8 Å². The summed E-state index contributed by atoms with van der Waals surface area (Å²) in [6.07, 6.45) is -0.893. The summed E-state index contributed by atoms with van der Waals surface area (Å²) in [5, 5.41) is 4.65. The molecule has 0 aliphatic carbocycles. The van der Waals surface area contributed by atoms with Crippen molar-refractivity contribution in [3.63, 3.8) is 0 Å². The molecule has 1 amide bonds. The maximum absolute atomic E-state index is 11.9. The molecule has 1 heterocycles. The van der Waals surface area contributed by atoms with E-state index in [1.165, 1.54) is 14.0 Å². The minimum atomic E-state index is -0.893. The molecule has 2 aromatic rings. The molecule has 0 saturated carbocycles. The van der Waals surface area contributed by atoms with Gasteiger partial charge in [-0.25, -0.2) is 4.79 Å². The van der Waals surface area contributed by atoms with E-state index >= 15 is 0 Å². The van der Waals surface area contributed by atoms with Crippen LogP contribution in [-0.4, -0.2) is 31.7 Å². The number of amides is 1. The van der Waals surface area contributed by atoms with Gasteiger partial charge in [0, 0.05) is 4.88 Å². The zero-order valence-corrected chi connectivity index (χ0v) is 15.2. The molecule has 1 aromatic carbocycles. The summed E-state index contributed by atoms with van der Waals surface area (Å²) >= 11 is 1.55. The number of carbonyl (C=O) groups excluding carboxylic acids is 2. The fourth-order valence-corrected chi connectivity index (χ4v) is 2.69. The van der Waals surface area contributed by atoms with E-state index in [1.54, 1.807) is 23.5 Å². The lowest BCUT2D eigenvalue weighted by molar-refractivity contribution is -0.156. The van der Waals surface area contributed by atoms with Gasteiger partial charge in [-0.15, -0.1) is 11.3 Å². The second-order valence-corrected chi connectivity index (χ2v) is 6.40. The quantitative estimate of drug-likeness (QED) is 0.730. The Balaban J connectivity index is 1.78. The SMILES string of the molecule is COc1cc(C)ccc1OCC(=O)O[C@@H](C)C(=O)NCc1cccs1. The number of thiophene rings is 1. The first kappa shape index (κ1) is 18.8. The molecule has 0 aliphatic heterocycles. The predicted molar refractivity (Wildman–Crippen MR) is 94.9 cm³/mol. The molecule has 2 rings (SSSR count). The molecule has 1 N–H and O–H groups in total. The zero-order valence-electron chi connectivity index (χ0n) is 14.4. The van der Waals surface area contributed by atoms with E-state index in [0.29, 0.717) is 18.0 Å². The van der Waals surface area contributed by atoms with Crippen molar-refractivity contribution in [2.75, 3.05) is 13.7 Å². The van der Waals surface area contributed by atoms with Crippen LogP contribution < -0.4 is 14.8 Å². The number of esters is 1. The van der Waals surface area contributed by atoms with Gasteiger partial charge in [0.05, 0.1) is 13.7 Å². The molecular weight excluding hydrogens is 342 g/mol. The molecule has 134 valence electrons. The lowest BCUT2D eigenvalue weighted by Gasteiger charge is -2.14. The summed E-state index contributed by atoms with van der Waals surface area (Å²) in [5.41, 5.74) is 1.02. The minimum absolute atomic E-state index is 0.304. The van der Waals surface area contributed by atoms with Gasteiger partial charge >= 0.3 is 5.97 Å². The van der Waals surface area contributed by atoms with E-state index in [1.807, 2.05) is 30.5 Å². The first-order valence-electron chi connectivity index (χ1n) is 7.76. The van der Waals surface area contributed by atoms with Crippen molar-refractivity contribution >= 4 is 23.2 Å². The highest BCUT2D eigenvalue weighted by Gasteiger charge is 2.18. The fourth-order valence-electron chi connectivity index (χ4n) is 2.05. The van der Waals surface area contributed by atoms with Gasteiger partial charge in [0.2, 0.25) is 0 Å². The highest BCUT2D eigenvalue weighted by molar-refractivity contribution is 7.09. The summed E-state index contributed by atoms with van der Waals surface area (Å²) in [5.74, 6) is 0.00505. The van der Waals surface area contributed by atoms with E-state index in [9.17, 15) is 9.59 Å². The number of carbonyl (C=O) groups is 2. The van der Waals surface area contributed by atoms with Crippen LogP contribution >= 0.6 is 11.3 Å². The van der Waals surface area contributed by atoms with Crippen molar-refractivity contribution in [2.45, 2.75) is 26.5 Å². The second-order valence-electron chi connectivity index (χ2n) is 5.37. The Hall–Kier alpha value is -2.54. The number of methoxy groups -OCH3 is 1. The third kappa shape index (κ3) is 5.79. The normalized spacial score (nSPS) is 11.5. The molecule has 0 aliphatic rings. The Morgan fingerprint density at radius 2 is 2.04 bits per heavy atom. The maximum Gasteiger partial charge on any atom is 0.344 e. The van der Waals surface area contributed by atoms with Crippen molar-refractivity contribution in [3.05, 3.63) is 46.2 Å². The molecule has 25 heavy (non-hydrogen) atoms. The van der Waals surface area contributed by atoms with Crippen molar-refractivity contribution in [1.29, 1.82) is 0 Å². The van der Waals surface area contributed by atoms with Gasteiger partial charge in [0.25, 0.3) is 5.91 Å². The first-order valence-corrected chi connectivity index (χ1v) is 8.64. The molecule has 7 heteroatoms. The zero-order chi connectivity index (χ0) is 18.2. The summed E-state index contributed by atoms with van der Waals surface area (Å²) in [4.78, 5) is 24.8. The Bertz CT molecular complexity index is 714. The molecule has 0 unspecified atom stereocenters. The van der Waals surface area contributed by atoms with Gasteiger partial charge in [0.15, 0.2) is 24.2 Å². The van der Waals surface area contributed by atoms with E-state index in [2.05, 4.69) is 5.32 Å². The molecule has 0 saturated heterocycles. The van der Waals surface area contributed by atoms with E-state index in [0.717, 1.165) is 10.4 Å². The van der Waals surface area contributed by atoms with Crippen LogP contribution in [0.25, 0.3) is 0 Å². The van der Waals surface area contributed by atoms with Crippen molar-refractivity contribution in [2.24, 2.45) is 0 Å². The highest BCUT2D eigenvalue weighted by Crippen LogP contribution is 2.27. The number of hydrogen-bond acceptors (Lipinski definition) is 6. The second kappa shape index (κ2) is 9.08. The van der Waals surface area contributed by atoms with Crippen LogP contribution in [0, 0.1) is 6.92 Å². The average molecular weight is 363 g/mol. The standard InChI is InChI=1S/C18H21NO5S/c1-12-6-7-15(16(9-12)22-3)23-11-17(20)24-13(2)18(21)19-10-14-5-4-8-25-14/h4-9,13H,10-11H2,1-3H3,(H,19,21)/t13-/m0/s1. The van der Waals surface area contributed by atoms with E-state index < -0.39 is 12.1 Å². The summed E-state index contributed by atoms with van der Waals surface area (Å²) in [6, 6.07) is 9.21.